The summed E-state index contributed by atoms with van der Waals surface area (Å²) >= 11 is 1.50. The van der Waals surface area contributed by atoms with Gasteiger partial charge in [-0.2, -0.15) is 0 Å². The molecular weight excluding hydrogens is 340 g/mol. The number of para-hydroxylation sites is 2. The van der Waals surface area contributed by atoms with E-state index in [4.69, 9.17) is 4.99 Å². The Labute approximate surface area is 157 Å². The van der Waals surface area contributed by atoms with Crippen LogP contribution in [-0.4, -0.2) is 16.5 Å². The maximum Gasteiger partial charge on any atom is 0.176 e. The molecule has 1 fully saturated rings. The first-order chi connectivity index (χ1) is 12.8. The predicted molar refractivity (Wildman–Crippen MR) is 110 cm³/mol. The smallest absolute Gasteiger partial charge is 0.176 e. The predicted octanol–water partition coefficient (Wildman–Crippen LogP) is 5.29. The zero-order chi connectivity index (χ0) is 17.8. The van der Waals surface area contributed by atoms with Crippen LogP contribution >= 0.6 is 11.8 Å². The maximum atomic E-state index is 11.0. The largest absolute Gasteiger partial charge is 0.368 e. The van der Waals surface area contributed by atoms with Gasteiger partial charge < -0.3 is 5.11 Å². The molecule has 128 valence electrons. The van der Waals surface area contributed by atoms with Gasteiger partial charge in [-0.1, -0.05) is 78.5 Å². The van der Waals surface area contributed by atoms with Gasteiger partial charge in [0.1, 0.15) is 0 Å². The van der Waals surface area contributed by atoms with Crippen LogP contribution in [-0.2, 0) is 0 Å². The molecule has 1 heterocycles. The van der Waals surface area contributed by atoms with Crippen LogP contribution in [0.4, 0.5) is 11.4 Å². The second-order valence-electron chi connectivity index (χ2n) is 5.87. The van der Waals surface area contributed by atoms with Crippen molar-refractivity contribution in [2.75, 3.05) is 4.90 Å². The van der Waals surface area contributed by atoms with E-state index in [2.05, 4.69) is 0 Å². The van der Waals surface area contributed by atoms with Gasteiger partial charge in [0.15, 0.2) is 11.4 Å². The number of thioether (sulfide) groups is 1. The molecule has 0 amide bonds. The highest BCUT2D eigenvalue weighted by Gasteiger charge is 2.34. The fourth-order valence-corrected chi connectivity index (χ4v) is 3.86. The monoisotopic (exact) mass is 358 g/mol. The Morgan fingerprint density at radius 3 is 2.04 bits per heavy atom. The van der Waals surface area contributed by atoms with Gasteiger partial charge in [-0.3, -0.25) is 4.90 Å². The first-order valence-corrected chi connectivity index (χ1v) is 9.23. The van der Waals surface area contributed by atoms with Crippen LogP contribution in [0, 0.1) is 0 Å². The van der Waals surface area contributed by atoms with Gasteiger partial charge in [0, 0.05) is 10.6 Å². The molecule has 0 aliphatic carbocycles. The number of aliphatic hydroxyl groups is 1. The summed E-state index contributed by atoms with van der Waals surface area (Å²) in [4.78, 5) is 7.49. The van der Waals surface area contributed by atoms with Crippen molar-refractivity contribution in [3.63, 3.8) is 0 Å². The summed E-state index contributed by atoms with van der Waals surface area (Å²) < 4.78 is 0. The van der Waals surface area contributed by atoms with Crippen molar-refractivity contribution in [3.05, 3.63) is 101 Å². The lowest BCUT2D eigenvalue weighted by Crippen LogP contribution is -2.32. The van der Waals surface area contributed by atoms with Gasteiger partial charge in [0.25, 0.3) is 0 Å². The normalized spacial score (nSPS) is 20.0. The Hall–Kier alpha value is -2.82. The molecule has 1 saturated heterocycles. The number of rotatable bonds is 3. The van der Waals surface area contributed by atoms with E-state index in [1.165, 1.54) is 11.8 Å². The molecule has 0 bridgehead atoms. The SMILES string of the molecule is OC1/C(=C/c2ccccc2)S/C(=N\c2ccccc2)N1c1ccccc1. The number of aliphatic imine (C=N–C) groups is 1. The van der Waals surface area contributed by atoms with Gasteiger partial charge >= 0.3 is 0 Å². The van der Waals surface area contributed by atoms with Crippen molar-refractivity contribution in [1.29, 1.82) is 0 Å². The zero-order valence-corrected chi connectivity index (χ0v) is 14.9. The average Bonchev–Trinajstić information content (AvgIpc) is 2.99. The summed E-state index contributed by atoms with van der Waals surface area (Å²) in [5, 5.41) is 11.7. The highest BCUT2D eigenvalue weighted by Crippen LogP contribution is 2.39. The van der Waals surface area contributed by atoms with Crippen molar-refractivity contribution in [3.8, 4) is 0 Å². The summed E-state index contributed by atoms with van der Waals surface area (Å²) in [5.74, 6) is 0. The first kappa shape index (κ1) is 16.6. The topological polar surface area (TPSA) is 35.8 Å². The number of amidine groups is 1. The van der Waals surface area contributed by atoms with Gasteiger partial charge in [0.2, 0.25) is 0 Å². The summed E-state index contributed by atoms with van der Waals surface area (Å²) in [7, 11) is 0. The minimum Gasteiger partial charge on any atom is -0.368 e. The fraction of sp³-hybridized carbons (Fsp3) is 0.0455. The van der Waals surface area contributed by atoms with Crippen LogP contribution in [0.15, 0.2) is 101 Å². The Bertz CT molecular complexity index is 924. The number of nitrogens with zero attached hydrogens (tertiary/aromatic N) is 2. The van der Waals surface area contributed by atoms with Crippen molar-refractivity contribution in [2.24, 2.45) is 4.99 Å². The number of benzene rings is 3. The molecule has 1 atom stereocenters. The molecule has 1 aliphatic rings. The summed E-state index contributed by atoms with van der Waals surface area (Å²) in [6, 6.07) is 29.7. The quantitative estimate of drug-likeness (QED) is 0.691. The second-order valence-corrected chi connectivity index (χ2v) is 6.91. The molecule has 3 aromatic carbocycles. The minimum absolute atomic E-state index is 0.759. The van der Waals surface area contributed by atoms with Crippen LogP contribution in [0.25, 0.3) is 6.08 Å². The van der Waals surface area contributed by atoms with E-state index in [9.17, 15) is 5.11 Å². The van der Waals surface area contributed by atoms with Crippen molar-refractivity contribution in [1.82, 2.24) is 0 Å². The van der Waals surface area contributed by atoms with E-state index in [1.54, 1.807) is 0 Å². The summed E-state index contributed by atoms with van der Waals surface area (Å²) in [6.45, 7) is 0. The number of hydrogen-bond donors (Lipinski definition) is 1. The van der Waals surface area contributed by atoms with Gasteiger partial charge in [-0.25, -0.2) is 4.99 Å². The lowest BCUT2D eigenvalue weighted by molar-refractivity contribution is 0.233. The maximum absolute atomic E-state index is 11.0. The van der Waals surface area contributed by atoms with E-state index >= 15 is 0 Å². The first-order valence-electron chi connectivity index (χ1n) is 8.42. The number of anilines is 1. The second kappa shape index (κ2) is 7.60. The van der Waals surface area contributed by atoms with Crippen LogP contribution in [0.2, 0.25) is 0 Å². The molecule has 3 nitrogen and oxygen atoms in total. The molecule has 0 aromatic heterocycles. The number of aliphatic hydroxyl groups excluding tert-OH is 1. The lowest BCUT2D eigenvalue weighted by atomic mass is 10.2. The molecule has 26 heavy (non-hydrogen) atoms. The molecule has 3 aromatic rings. The van der Waals surface area contributed by atoms with Gasteiger partial charge in [0.05, 0.1) is 5.69 Å². The highest BCUT2D eigenvalue weighted by molar-refractivity contribution is 8.18. The molecule has 4 heteroatoms. The molecule has 0 radical (unpaired) electrons. The van der Waals surface area contributed by atoms with Crippen LogP contribution in [0.3, 0.4) is 0 Å². The van der Waals surface area contributed by atoms with E-state index in [0.717, 1.165) is 27.0 Å². The third-order valence-corrected chi connectivity index (χ3v) is 5.07. The van der Waals surface area contributed by atoms with Crippen LogP contribution in [0.1, 0.15) is 5.56 Å². The van der Waals surface area contributed by atoms with Gasteiger partial charge in [-0.15, -0.1) is 0 Å². The van der Waals surface area contributed by atoms with Crippen LogP contribution in [0.5, 0.6) is 0 Å². The molecule has 0 saturated carbocycles. The lowest BCUT2D eigenvalue weighted by Gasteiger charge is -2.22. The standard InChI is InChI=1S/C22H18N2OS/c25-21-20(16-17-10-4-1-5-11-17)26-22(23-18-12-6-2-7-13-18)24(21)19-14-8-3-9-15-19/h1-16,21,25H/b20-16-,23-22-. The van der Waals surface area contributed by atoms with Gasteiger partial charge in [-0.05, 0) is 35.9 Å². The number of hydrogen-bond acceptors (Lipinski definition) is 3. The Morgan fingerprint density at radius 2 is 1.38 bits per heavy atom. The average molecular weight is 358 g/mol. The Balaban J connectivity index is 1.76. The summed E-state index contributed by atoms with van der Waals surface area (Å²) in [6.07, 6.45) is 1.25. The van der Waals surface area contributed by atoms with E-state index in [0.29, 0.717) is 0 Å². The molecule has 1 N–H and O–H groups in total. The van der Waals surface area contributed by atoms with E-state index in [1.807, 2.05) is 102 Å². The molecule has 1 aliphatic heterocycles. The Morgan fingerprint density at radius 1 is 0.808 bits per heavy atom. The molecular formula is C22H18N2OS. The van der Waals surface area contributed by atoms with E-state index < -0.39 is 6.23 Å². The molecule has 1 unspecified atom stereocenters. The van der Waals surface area contributed by atoms with Crippen molar-refractivity contribution >= 4 is 34.4 Å². The molecule has 0 spiro atoms. The highest BCUT2D eigenvalue weighted by atomic mass is 32.2. The van der Waals surface area contributed by atoms with Crippen LogP contribution < -0.4 is 4.90 Å². The zero-order valence-electron chi connectivity index (χ0n) is 14.1. The fourth-order valence-electron chi connectivity index (χ4n) is 2.79. The minimum atomic E-state index is -0.759. The summed E-state index contributed by atoms with van der Waals surface area (Å²) in [5.41, 5.74) is 2.84. The Kier molecular flexibility index (Phi) is 4.86. The molecule has 4 rings (SSSR count). The van der Waals surface area contributed by atoms with E-state index in [-0.39, 0.29) is 0 Å². The third-order valence-electron chi connectivity index (χ3n) is 4.04. The third kappa shape index (κ3) is 3.57. The van der Waals surface area contributed by atoms with Crippen molar-refractivity contribution < 1.29 is 5.11 Å². The van der Waals surface area contributed by atoms with Crippen molar-refractivity contribution in [2.45, 2.75) is 6.23 Å².